The average Bonchev–Trinajstić information content (AvgIpc) is 2.49. The molecule has 0 saturated heterocycles. The van der Waals surface area contributed by atoms with E-state index >= 15 is 0 Å². The van der Waals surface area contributed by atoms with Crippen LogP contribution in [0.4, 0.5) is 29.1 Å². The van der Waals surface area contributed by atoms with Crippen LogP contribution in [-0.4, -0.2) is 22.1 Å². The van der Waals surface area contributed by atoms with E-state index in [1.54, 1.807) is 0 Å². The standard InChI is InChI=1S/C15H14F4N4/c1-7-8(2)23-14-13(22-7)12(20-6-21-14)10-4-3-9(5-11(10)16)15(17,18)19/h3-8,22H,1-2H3,(H,20,21,23)/i5D. The van der Waals surface area contributed by atoms with Crippen molar-refractivity contribution >= 4 is 11.5 Å². The molecule has 2 atom stereocenters. The van der Waals surface area contributed by atoms with E-state index in [0.29, 0.717) is 17.6 Å². The Labute approximate surface area is 131 Å². The Bertz CT molecular complexity index is 794. The topological polar surface area (TPSA) is 49.8 Å². The van der Waals surface area contributed by atoms with Gasteiger partial charge in [-0.15, -0.1) is 0 Å². The van der Waals surface area contributed by atoms with Crippen molar-refractivity contribution in [2.45, 2.75) is 32.1 Å². The molecule has 1 aliphatic heterocycles. The fraction of sp³-hybridized carbons (Fsp3) is 0.333. The minimum atomic E-state index is -4.79. The Hall–Kier alpha value is -2.38. The first-order valence-corrected chi connectivity index (χ1v) is 6.95. The molecule has 0 amide bonds. The maximum Gasteiger partial charge on any atom is 0.416 e. The van der Waals surface area contributed by atoms with Crippen molar-refractivity contribution in [3.05, 3.63) is 35.9 Å². The SMILES string of the molecule is [2H]c1c(C(F)(F)F)ccc(-c2ncnc3c2NC(C)C(C)N3)c1F. The van der Waals surface area contributed by atoms with Crippen molar-refractivity contribution in [2.24, 2.45) is 0 Å². The van der Waals surface area contributed by atoms with Crippen LogP contribution in [0.1, 0.15) is 20.8 Å². The van der Waals surface area contributed by atoms with Gasteiger partial charge < -0.3 is 10.6 Å². The molecule has 2 unspecified atom stereocenters. The molecule has 0 spiro atoms. The Balaban J connectivity index is 2.15. The summed E-state index contributed by atoms with van der Waals surface area (Å²) in [5.74, 6) is -0.824. The lowest BCUT2D eigenvalue weighted by molar-refractivity contribution is -0.137. The molecule has 2 aromatic rings. The Morgan fingerprint density at radius 2 is 1.83 bits per heavy atom. The highest BCUT2D eigenvalue weighted by Gasteiger charge is 2.32. The summed E-state index contributed by atoms with van der Waals surface area (Å²) in [4.78, 5) is 8.06. The van der Waals surface area contributed by atoms with Gasteiger partial charge >= 0.3 is 6.18 Å². The lowest BCUT2D eigenvalue weighted by atomic mass is 10.0. The summed E-state index contributed by atoms with van der Waals surface area (Å²) in [5.41, 5.74) is -0.977. The Kier molecular flexibility index (Phi) is 3.32. The normalized spacial score (nSPS) is 21.0. The number of anilines is 2. The summed E-state index contributed by atoms with van der Waals surface area (Å²) in [7, 11) is 0. The van der Waals surface area contributed by atoms with Gasteiger partial charge in [0, 0.05) is 17.6 Å². The van der Waals surface area contributed by atoms with Crippen molar-refractivity contribution in [1.29, 1.82) is 0 Å². The number of benzene rings is 1. The number of nitrogens with zero attached hydrogens (tertiary/aromatic N) is 2. The fourth-order valence-corrected chi connectivity index (χ4v) is 2.34. The molecule has 4 nitrogen and oxygen atoms in total. The third-order valence-corrected chi connectivity index (χ3v) is 3.79. The number of hydrogen-bond acceptors (Lipinski definition) is 4. The van der Waals surface area contributed by atoms with Gasteiger partial charge in [0.2, 0.25) is 0 Å². The molecule has 23 heavy (non-hydrogen) atoms. The molecular weight excluding hydrogens is 312 g/mol. The molecule has 0 radical (unpaired) electrons. The number of alkyl halides is 3. The van der Waals surface area contributed by atoms with Crippen LogP contribution in [0, 0.1) is 5.82 Å². The Morgan fingerprint density at radius 3 is 2.52 bits per heavy atom. The van der Waals surface area contributed by atoms with E-state index in [0.717, 1.165) is 6.07 Å². The van der Waals surface area contributed by atoms with Gasteiger partial charge in [0.15, 0.2) is 5.82 Å². The van der Waals surface area contributed by atoms with Crippen LogP contribution in [0.3, 0.4) is 0 Å². The Morgan fingerprint density at radius 1 is 1.13 bits per heavy atom. The highest BCUT2D eigenvalue weighted by Crippen LogP contribution is 2.38. The smallest absolute Gasteiger partial charge is 0.376 e. The van der Waals surface area contributed by atoms with Gasteiger partial charge in [0.25, 0.3) is 0 Å². The first-order chi connectivity index (χ1) is 11.2. The molecule has 0 saturated carbocycles. The molecule has 8 heteroatoms. The van der Waals surface area contributed by atoms with E-state index in [1.807, 2.05) is 13.8 Å². The van der Waals surface area contributed by atoms with Crippen molar-refractivity contribution < 1.29 is 18.9 Å². The summed E-state index contributed by atoms with van der Waals surface area (Å²) >= 11 is 0. The molecule has 1 aromatic carbocycles. The minimum absolute atomic E-state index is 0.0183. The molecule has 2 N–H and O–H groups in total. The van der Waals surface area contributed by atoms with Gasteiger partial charge in [-0.3, -0.25) is 0 Å². The molecule has 0 bridgehead atoms. The van der Waals surface area contributed by atoms with E-state index in [2.05, 4.69) is 20.6 Å². The third kappa shape index (κ3) is 2.80. The van der Waals surface area contributed by atoms with Crippen molar-refractivity contribution in [1.82, 2.24) is 9.97 Å². The van der Waals surface area contributed by atoms with Crippen LogP contribution < -0.4 is 10.6 Å². The summed E-state index contributed by atoms with van der Waals surface area (Å²) in [6.07, 6.45) is -3.59. The zero-order chi connectivity index (χ0) is 17.6. The van der Waals surface area contributed by atoms with Crippen LogP contribution in [0.15, 0.2) is 24.5 Å². The van der Waals surface area contributed by atoms with Crippen molar-refractivity contribution in [3.63, 3.8) is 0 Å². The van der Waals surface area contributed by atoms with Gasteiger partial charge in [0.1, 0.15) is 23.5 Å². The van der Waals surface area contributed by atoms with Gasteiger partial charge in [-0.2, -0.15) is 13.2 Å². The van der Waals surface area contributed by atoms with E-state index in [4.69, 9.17) is 1.37 Å². The summed E-state index contributed by atoms with van der Waals surface area (Å²) in [6.45, 7) is 3.83. The predicted octanol–water partition coefficient (Wildman–Crippen LogP) is 3.92. The van der Waals surface area contributed by atoms with Gasteiger partial charge in [-0.05, 0) is 32.0 Å². The van der Waals surface area contributed by atoms with Crippen LogP contribution >= 0.6 is 0 Å². The number of nitrogens with one attached hydrogen (secondary N) is 2. The second-order valence-electron chi connectivity index (χ2n) is 5.41. The molecule has 2 heterocycles. The lowest BCUT2D eigenvalue weighted by Crippen LogP contribution is -2.39. The predicted molar refractivity (Wildman–Crippen MR) is 78.6 cm³/mol. The first-order valence-electron chi connectivity index (χ1n) is 7.45. The average molecular weight is 327 g/mol. The second kappa shape index (κ2) is 5.36. The molecular formula is C15H14F4N4. The van der Waals surface area contributed by atoms with E-state index in [1.165, 1.54) is 6.33 Å². The molecule has 1 aliphatic rings. The molecule has 1 aromatic heterocycles. The van der Waals surface area contributed by atoms with Crippen molar-refractivity contribution in [3.8, 4) is 11.3 Å². The number of aromatic nitrogens is 2. The molecule has 122 valence electrons. The van der Waals surface area contributed by atoms with Gasteiger partial charge in [0.05, 0.1) is 6.93 Å². The number of hydrogen-bond donors (Lipinski definition) is 2. The number of fused-ring (bicyclic) bond motifs is 1. The molecule has 0 aliphatic carbocycles. The van der Waals surface area contributed by atoms with Crippen LogP contribution in [0.2, 0.25) is 0 Å². The first kappa shape index (κ1) is 14.2. The lowest BCUT2D eigenvalue weighted by Gasteiger charge is -2.31. The second-order valence-corrected chi connectivity index (χ2v) is 5.41. The van der Waals surface area contributed by atoms with Crippen molar-refractivity contribution in [2.75, 3.05) is 10.6 Å². The van der Waals surface area contributed by atoms with Crippen LogP contribution in [-0.2, 0) is 6.18 Å². The quantitative estimate of drug-likeness (QED) is 0.780. The third-order valence-electron chi connectivity index (χ3n) is 3.79. The fourth-order valence-electron chi connectivity index (χ4n) is 2.34. The highest BCUT2D eigenvalue weighted by atomic mass is 19.4. The molecule has 3 rings (SSSR count). The number of rotatable bonds is 1. The van der Waals surface area contributed by atoms with E-state index in [-0.39, 0.29) is 23.3 Å². The monoisotopic (exact) mass is 327 g/mol. The zero-order valence-electron chi connectivity index (χ0n) is 13.3. The van der Waals surface area contributed by atoms with Gasteiger partial charge in [-0.1, -0.05) is 0 Å². The largest absolute Gasteiger partial charge is 0.416 e. The summed E-state index contributed by atoms with van der Waals surface area (Å²) in [5, 5.41) is 6.26. The summed E-state index contributed by atoms with van der Waals surface area (Å²) < 4.78 is 60.3. The van der Waals surface area contributed by atoms with Gasteiger partial charge in [-0.25, -0.2) is 14.4 Å². The minimum Gasteiger partial charge on any atom is -0.376 e. The molecule has 0 fully saturated rings. The maximum atomic E-state index is 14.4. The van der Waals surface area contributed by atoms with E-state index < -0.39 is 23.6 Å². The highest BCUT2D eigenvalue weighted by molar-refractivity contribution is 5.84. The van der Waals surface area contributed by atoms with E-state index in [9.17, 15) is 17.6 Å². The maximum absolute atomic E-state index is 14.4. The van der Waals surface area contributed by atoms with Crippen LogP contribution in [0.25, 0.3) is 11.3 Å². The summed E-state index contributed by atoms with van der Waals surface area (Å²) in [6, 6.07) is 0.526. The number of halogens is 4. The zero-order valence-corrected chi connectivity index (χ0v) is 12.3. The van der Waals surface area contributed by atoms with Crippen LogP contribution in [0.5, 0.6) is 0 Å².